The first-order valence-electron chi connectivity index (χ1n) is 3.00. The zero-order valence-electron chi connectivity index (χ0n) is 5.55. The Hall–Kier alpha value is -1.46. The molecule has 2 rings (SSSR count). The van der Waals surface area contributed by atoms with Crippen molar-refractivity contribution in [3.05, 3.63) is 17.8 Å². The molecule has 1 aromatic rings. The largest absolute Gasteiger partial charge is 0.425 e. The molecule has 0 atom stereocenters. The van der Waals surface area contributed by atoms with E-state index in [1.807, 2.05) is 0 Å². The van der Waals surface area contributed by atoms with Gasteiger partial charge in [0.05, 0.1) is 0 Å². The van der Waals surface area contributed by atoms with Crippen LogP contribution in [0.3, 0.4) is 0 Å². The molecular weight excluding hydrogens is 175 g/mol. The summed E-state index contributed by atoms with van der Waals surface area (Å²) in [6.45, 7) is 0. The Kier molecular flexibility index (Phi) is 1.22. The van der Waals surface area contributed by atoms with Crippen molar-refractivity contribution in [2.45, 2.75) is 6.18 Å². The van der Waals surface area contributed by atoms with Crippen LogP contribution in [0.25, 0.3) is 0 Å². The number of nitrogens with zero attached hydrogens (tertiary/aromatic N) is 1. The normalized spacial score (nSPS) is 13.9. The third-order valence-corrected chi connectivity index (χ3v) is 1.37. The van der Waals surface area contributed by atoms with Crippen LogP contribution >= 0.6 is 0 Å². The average molecular weight is 177 g/mol. The van der Waals surface area contributed by atoms with Crippen LogP contribution in [0.1, 0.15) is 5.56 Å². The fourth-order valence-corrected chi connectivity index (χ4v) is 0.904. The van der Waals surface area contributed by atoms with Gasteiger partial charge in [0.15, 0.2) is 11.3 Å². The molecule has 0 amide bonds. The summed E-state index contributed by atoms with van der Waals surface area (Å²) >= 11 is 0. The molecule has 0 saturated heterocycles. The van der Waals surface area contributed by atoms with E-state index >= 15 is 0 Å². The number of hydrogen-bond acceptors (Lipinski definition) is 3. The van der Waals surface area contributed by atoms with Gasteiger partial charge in [0.2, 0.25) is 0 Å². The van der Waals surface area contributed by atoms with Gasteiger partial charge in [0.1, 0.15) is 0 Å². The van der Waals surface area contributed by atoms with Gasteiger partial charge >= 0.3 is 6.18 Å². The highest BCUT2D eigenvalue weighted by atomic mass is 19.4. The Balaban J connectivity index is 2.60. The lowest BCUT2D eigenvalue weighted by molar-refractivity contribution is -0.137. The Morgan fingerprint density at radius 3 is 2.50 bits per heavy atom. The predicted molar refractivity (Wildman–Crippen MR) is 30.5 cm³/mol. The van der Waals surface area contributed by atoms with Crippen molar-refractivity contribution < 1.29 is 22.9 Å². The molecule has 0 unspecified atom stereocenters. The molecule has 0 aliphatic carbocycles. The fraction of sp³-hybridized carbons (Fsp3) is 0.167. The lowest BCUT2D eigenvalue weighted by atomic mass is 10.2. The fourth-order valence-electron chi connectivity index (χ4n) is 0.904. The molecule has 2 heterocycles. The summed E-state index contributed by atoms with van der Waals surface area (Å²) in [5.74, 6) is -0.868. The van der Waals surface area contributed by atoms with Crippen LogP contribution in [-0.4, -0.2) is 4.98 Å². The van der Waals surface area contributed by atoms with E-state index in [2.05, 4.69) is 14.8 Å². The Bertz CT molecular complexity index is 301. The van der Waals surface area contributed by atoms with Crippen LogP contribution in [0.15, 0.2) is 12.3 Å². The molecule has 0 N–H and O–H groups in total. The summed E-state index contributed by atoms with van der Waals surface area (Å²) < 4.78 is 36.4. The molecule has 1 aliphatic heterocycles. The van der Waals surface area contributed by atoms with Gasteiger partial charge in [-0.25, -0.2) is 4.98 Å². The predicted octanol–water partition coefficient (Wildman–Crippen LogP) is 1.79. The number of halogens is 3. The molecule has 2 bridgehead atoms. The van der Waals surface area contributed by atoms with Crippen molar-refractivity contribution in [2.24, 2.45) is 0 Å². The van der Waals surface area contributed by atoms with E-state index in [4.69, 9.17) is 0 Å². The molecule has 12 heavy (non-hydrogen) atoms. The monoisotopic (exact) mass is 177 g/mol. The summed E-state index contributed by atoms with van der Waals surface area (Å²) in [6.07, 6.45) is -3.29. The molecule has 1 aromatic heterocycles. The smallest absolute Gasteiger partial charge is 0.287 e. The highest BCUT2D eigenvalue weighted by Crippen LogP contribution is 2.44. The second kappa shape index (κ2) is 2.02. The molecule has 3 nitrogen and oxygen atoms in total. The summed E-state index contributed by atoms with van der Waals surface area (Å²) in [5, 5.41) is 0. The van der Waals surface area contributed by atoms with E-state index in [-0.39, 0.29) is 5.75 Å². The van der Waals surface area contributed by atoms with Crippen molar-refractivity contribution in [3.8, 4) is 11.6 Å². The molecule has 0 aromatic carbocycles. The van der Waals surface area contributed by atoms with Crippen molar-refractivity contribution >= 4 is 0 Å². The molecule has 0 radical (unpaired) electrons. The number of hydrogen-bond donors (Lipinski definition) is 0. The molecule has 0 fully saturated rings. The van der Waals surface area contributed by atoms with Crippen LogP contribution in [0.5, 0.6) is 11.6 Å². The van der Waals surface area contributed by atoms with Gasteiger partial charge in [-0.2, -0.15) is 13.2 Å². The lowest BCUT2D eigenvalue weighted by Gasteiger charge is -2.02. The van der Waals surface area contributed by atoms with Crippen LogP contribution in [0.2, 0.25) is 0 Å². The summed E-state index contributed by atoms with van der Waals surface area (Å²) in [6, 6.07) is 1.10. The van der Waals surface area contributed by atoms with Crippen LogP contribution in [-0.2, 0) is 6.18 Å². The Labute approximate surface area is 64.7 Å². The molecule has 0 spiro atoms. The Morgan fingerprint density at radius 2 is 2.00 bits per heavy atom. The summed E-state index contributed by atoms with van der Waals surface area (Å²) in [7, 11) is 0. The maximum atomic E-state index is 12.1. The third-order valence-electron chi connectivity index (χ3n) is 1.37. The molecule has 1 aliphatic rings. The molecule has 6 heteroatoms. The van der Waals surface area contributed by atoms with Crippen molar-refractivity contribution in [1.82, 2.24) is 4.98 Å². The van der Waals surface area contributed by atoms with Crippen LogP contribution in [0.4, 0.5) is 13.2 Å². The highest BCUT2D eigenvalue weighted by molar-refractivity contribution is 5.44. The third kappa shape index (κ3) is 0.876. The average Bonchev–Trinajstić information content (AvgIpc) is 2.23. The summed E-state index contributed by atoms with van der Waals surface area (Å²) in [4.78, 5) is 11.8. The van der Waals surface area contributed by atoms with E-state index in [9.17, 15) is 13.2 Å². The topological polar surface area (TPSA) is 31.4 Å². The van der Waals surface area contributed by atoms with Gasteiger partial charge in [-0.1, -0.05) is 0 Å². The molecular formula is C6H2F3NO2. The van der Waals surface area contributed by atoms with Crippen molar-refractivity contribution in [1.29, 1.82) is 0 Å². The van der Waals surface area contributed by atoms with Crippen molar-refractivity contribution in [2.75, 3.05) is 0 Å². The van der Waals surface area contributed by atoms with E-state index in [1.54, 1.807) is 0 Å². The second-order valence-electron chi connectivity index (χ2n) is 2.15. The minimum absolute atomic E-state index is 0.340. The standard InChI is InChI=1S/C6H2F3NO2/c7-6(8,9)4-3-1-2-10-5(4)12-11-3/h1-2H. The van der Waals surface area contributed by atoms with Gasteiger partial charge in [-0.05, 0) is 0 Å². The lowest BCUT2D eigenvalue weighted by Crippen LogP contribution is -2.04. The first-order valence-corrected chi connectivity index (χ1v) is 3.00. The van der Waals surface area contributed by atoms with E-state index in [0.717, 1.165) is 6.07 Å². The molecule has 64 valence electrons. The molecule has 0 saturated carbocycles. The second-order valence-corrected chi connectivity index (χ2v) is 2.15. The number of fused-ring (bicyclic) bond motifs is 2. The van der Waals surface area contributed by atoms with Gasteiger partial charge in [-0.3, -0.25) is 9.78 Å². The van der Waals surface area contributed by atoms with Crippen LogP contribution < -0.4 is 9.78 Å². The SMILES string of the molecule is FC(F)(F)c1c2ccnc1OO2. The van der Waals surface area contributed by atoms with Crippen LogP contribution in [0, 0.1) is 0 Å². The number of pyridine rings is 1. The quantitative estimate of drug-likeness (QED) is 0.566. The van der Waals surface area contributed by atoms with Gasteiger partial charge < -0.3 is 0 Å². The maximum absolute atomic E-state index is 12.1. The van der Waals surface area contributed by atoms with Crippen molar-refractivity contribution in [3.63, 3.8) is 0 Å². The zero-order valence-corrected chi connectivity index (χ0v) is 5.55. The number of alkyl halides is 3. The van der Waals surface area contributed by atoms with Gasteiger partial charge in [-0.15, -0.1) is 0 Å². The van der Waals surface area contributed by atoms with E-state index < -0.39 is 17.6 Å². The zero-order chi connectivity index (χ0) is 8.77. The highest BCUT2D eigenvalue weighted by Gasteiger charge is 2.43. The number of aromatic nitrogens is 1. The first-order chi connectivity index (χ1) is 5.59. The van der Waals surface area contributed by atoms with E-state index in [0.29, 0.717) is 0 Å². The Morgan fingerprint density at radius 1 is 1.25 bits per heavy atom. The van der Waals surface area contributed by atoms with E-state index in [1.165, 1.54) is 6.20 Å². The maximum Gasteiger partial charge on any atom is 0.425 e. The first kappa shape index (κ1) is 7.20. The minimum atomic E-state index is -4.48. The van der Waals surface area contributed by atoms with Gasteiger partial charge in [0, 0.05) is 12.3 Å². The van der Waals surface area contributed by atoms with Gasteiger partial charge in [0.25, 0.3) is 5.88 Å². The minimum Gasteiger partial charge on any atom is -0.287 e. The number of rotatable bonds is 0. The summed E-state index contributed by atoms with van der Waals surface area (Å²) in [5.41, 5.74) is -0.954.